The molecule has 2 amide bonds. The fraction of sp³-hybridized carbons (Fsp3) is 0.591. The number of hydrogen-bond acceptors (Lipinski definition) is 4. The lowest BCUT2D eigenvalue weighted by Gasteiger charge is -2.33. The van der Waals surface area contributed by atoms with Crippen molar-refractivity contribution >= 4 is 17.6 Å². The van der Waals surface area contributed by atoms with Crippen molar-refractivity contribution in [3.63, 3.8) is 0 Å². The van der Waals surface area contributed by atoms with Crippen LogP contribution >= 0.6 is 0 Å². The van der Waals surface area contributed by atoms with E-state index in [1.807, 2.05) is 36.1 Å². The zero-order chi connectivity index (χ0) is 19.9. The van der Waals surface area contributed by atoms with E-state index >= 15 is 0 Å². The number of ketones is 1. The summed E-state index contributed by atoms with van der Waals surface area (Å²) in [5, 5.41) is 6.24. The molecular formula is C22H31N3O3. The summed E-state index contributed by atoms with van der Waals surface area (Å²) in [7, 11) is 0. The minimum absolute atomic E-state index is 0.0123. The maximum atomic E-state index is 12.6. The maximum absolute atomic E-state index is 12.6. The van der Waals surface area contributed by atoms with Gasteiger partial charge in [-0.25, -0.2) is 0 Å². The third-order valence-corrected chi connectivity index (χ3v) is 5.75. The van der Waals surface area contributed by atoms with Crippen molar-refractivity contribution in [2.24, 2.45) is 5.92 Å². The monoisotopic (exact) mass is 385 g/mol. The predicted octanol–water partition coefficient (Wildman–Crippen LogP) is 2.06. The van der Waals surface area contributed by atoms with Crippen LogP contribution in [-0.2, 0) is 9.59 Å². The molecule has 1 aromatic rings. The fourth-order valence-corrected chi connectivity index (χ4v) is 4.00. The van der Waals surface area contributed by atoms with Gasteiger partial charge in [0.25, 0.3) is 0 Å². The molecule has 3 rings (SSSR count). The van der Waals surface area contributed by atoms with Crippen LogP contribution in [0.3, 0.4) is 0 Å². The van der Waals surface area contributed by atoms with Crippen molar-refractivity contribution in [1.82, 2.24) is 15.5 Å². The topological polar surface area (TPSA) is 78.5 Å². The number of Topliss-reactive ketones (excluding diaryl/α,β-unsaturated/α-hetero) is 1. The van der Waals surface area contributed by atoms with Crippen molar-refractivity contribution in [2.75, 3.05) is 26.2 Å². The standard InChI is InChI=1S/C22H31N3O3/c1-16-6-8-18(9-7-16)20(26)10-11-21(27)25-13-3-4-17(15-25)14-24-22(28)19-5-2-12-23-19/h6-9,17,19,23H,2-5,10-15H2,1H3,(H,24,28). The number of piperidine rings is 1. The average Bonchev–Trinajstić information content (AvgIpc) is 3.26. The maximum Gasteiger partial charge on any atom is 0.237 e. The van der Waals surface area contributed by atoms with Crippen LogP contribution in [0.2, 0.25) is 0 Å². The van der Waals surface area contributed by atoms with E-state index in [2.05, 4.69) is 10.6 Å². The molecule has 2 N–H and O–H groups in total. The van der Waals surface area contributed by atoms with Gasteiger partial charge in [-0.15, -0.1) is 0 Å². The molecule has 2 unspecified atom stereocenters. The van der Waals surface area contributed by atoms with Crippen molar-refractivity contribution in [1.29, 1.82) is 0 Å². The second kappa shape index (κ2) is 9.82. The van der Waals surface area contributed by atoms with Gasteiger partial charge in [-0.2, -0.15) is 0 Å². The summed E-state index contributed by atoms with van der Waals surface area (Å²) < 4.78 is 0. The molecule has 152 valence electrons. The van der Waals surface area contributed by atoms with Crippen LogP contribution in [0.1, 0.15) is 54.4 Å². The van der Waals surface area contributed by atoms with E-state index < -0.39 is 0 Å². The first-order valence-electron chi connectivity index (χ1n) is 10.4. The summed E-state index contributed by atoms with van der Waals surface area (Å²) in [4.78, 5) is 38.8. The summed E-state index contributed by atoms with van der Waals surface area (Å²) in [5.74, 6) is 0.410. The van der Waals surface area contributed by atoms with Crippen molar-refractivity contribution < 1.29 is 14.4 Å². The highest BCUT2D eigenvalue weighted by atomic mass is 16.2. The van der Waals surface area contributed by atoms with E-state index in [-0.39, 0.29) is 42.4 Å². The Morgan fingerprint density at radius 3 is 2.61 bits per heavy atom. The summed E-state index contributed by atoms with van der Waals surface area (Å²) in [6.45, 7) is 4.91. The zero-order valence-corrected chi connectivity index (χ0v) is 16.7. The van der Waals surface area contributed by atoms with Crippen LogP contribution < -0.4 is 10.6 Å². The normalized spacial score (nSPS) is 22.1. The van der Waals surface area contributed by atoms with Crippen LogP contribution in [0.15, 0.2) is 24.3 Å². The van der Waals surface area contributed by atoms with Gasteiger partial charge in [0.1, 0.15) is 0 Å². The molecule has 2 heterocycles. The highest BCUT2D eigenvalue weighted by Crippen LogP contribution is 2.18. The molecule has 28 heavy (non-hydrogen) atoms. The fourth-order valence-electron chi connectivity index (χ4n) is 4.00. The van der Waals surface area contributed by atoms with Gasteiger partial charge in [0.15, 0.2) is 5.78 Å². The first-order valence-corrected chi connectivity index (χ1v) is 10.4. The Kier molecular flexibility index (Phi) is 7.20. The SMILES string of the molecule is Cc1ccc(C(=O)CCC(=O)N2CCCC(CNC(=O)C3CCCN3)C2)cc1. The summed E-state index contributed by atoms with van der Waals surface area (Å²) in [6.07, 6.45) is 4.40. The van der Waals surface area contributed by atoms with Gasteiger partial charge in [-0.1, -0.05) is 29.8 Å². The zero-order valence-electron chi connectivity index (χ0n) is 16.7. The molecule has 0 aliphatic carbocycles. The Morgan fingerprint density at radius 1 is 1.11 bits per heavy atom. The lowest BCUT2D eigenvalue weighted by Crippen LogP contribution is -2.46. The minimum Gasteiger partial charge on any atom is -0.354 e. The van der Waals surface area contributed by atoms with Crippen LogP contribution in [0.4, 0.5) is 0 Å². The van der Waals surface area contributed by atoms with Gasteiger partial charge >= 0.3 is 0 Å². The molecule has 0 bridgehead atoms. The number of aryl methyl sites for hydroxylation is 1. The minimum atomic E-state index is -0.0610. The van der Waals surface area contributed by atoms with Crippen molar-refractivity contribution in [3.8, 4) is 0 Å². The summed E-state index contributed by atoms with van der Waals surface area (Å²) in [5.41, 5.74) is 1.78. The molecule has 2 saturated heterocycles. The third-order valence-electron chi connectivity index (χ3n) is 5.75. The Bertz CT molecular complexity index is 695. The number of hydrogen-bond donors (Lipinski definition) is 2. The molecule has 0 spiro atoms. The largest absolute Gasteiger partial charge is 0.354 e. The highest BCUT2D eigenvalue weighted by molar-refractivity contribution is 5.98. The van der Waals surface area contributed by atoms with Crippen LogP contribution in [-0.4, -0.2) is 54.7 Å². The number of benzene rings is 1. The Balaban J connectivity index is 1.41. The first-order chi connectivity index (χ1) is 13.5. The molecule has 6 heteroatoms. The van der Waals surface area contributed by atoms with E-state index in [1.165, 1.54) is 0 Å². The number of rotatable bonds is 7. The van der Waals surface area contributed by atoms with Crippen LogP contribution in [0.25, 0.3) is 0 Å². The van der Waals surface area contributed by atoms with E-state index in [0.29, 0.717) is 18.7 Å². The quantitative estimate of drug-likeness (QED) is 0.705. The van der Waals surface area contributed by atoms with Gasteiger partial charge in [0.05, 0.1) is 6.04 Å². The molecule has 1 aromatic carbocycles. The summed E-state index contributed by atoms with van der Waals surface area (Å²) >= 11 is 0. The summed E-state index contributed by atoms with van der Waals surface area (Å²) in [6, 6.07) is 7.41. The van der Waals surface area contributed by atoms with Gasteiger partial charge in [-0.05, 0) is 45.1 Å². The molecular weight excluding hydrogens is 354 g/mol. The second-order valence-electron chi connectivity index (χ2n) is 8.03. The van der Waals surface area contributed by atoms with Gasteiger partial charge in [0, 0.05) is 38.0 Å². The third kappa shape index (κ3) is 5.64. The van der Waals surface area contributed by atoms with E-state index in [1.54, 1.807) is 0 Å². The second-order valence-corrected chi connectivity index (χ2v) is 8.03. The van der Waals surface area contributed by atoms with E-state index in [0.717, 1.165) is 44.3 Å². The van der Waals surface area contributed by atoms with Gasteiger partial charge in [0.2, 0.25) is 11.8 Å². The van der Waals surface area contributed by atoms with E-state index in [4.69, 9.17) is 0 Å². The number of likely N-dealkylation sites (tertiary alicyclic amines) is 1. The molecule has 2 aliphatic rings. The van der Waals surface area contributed by atoms with Gasteiger partial charge < -0.3 is 15.5 Å². The molecule has 6 nitrogen and oxygen atoms in total. The van der Waals surface area contributed by atoms with Crippen LogP contribution in [0, 0.1) is 12.8 Å². The van der Waals surface area contributed by atoms with E-state index in [9.17, 15) is 14.4 Å². The van der Waals surface area contributed by atoms with Crippen molar-refractivity contribution in [3.05, 3.63) is 35.4 Å². The molecule has 2 aliphatic heterocycles. The Hall–Kier alpha value is -2.21. The number of carbonyl (C=O) groups excluding carboxylic acids is 3. The Morgan fingerprint density at radius 2 is 1.89 bits per heavy atom. The lowest BCUT2D eigenvalue weighted by atomic mass is 9.97. The van der Waals surface area contributed by atoms with Crippen molar-refractivity contribution in [2.45, 2.75) is 51.5 Å². The number of carbonyl (C=O) groups is 3. The number of amides is 2. The van der Waals surface area contributed by atoms with Crippen LogP contribution in [0.5, 0.6) is 0 Å². The smallest absolute Gasteiger partial charge is 0.237 e. The molecule has 2 fully saturated rings. The molecule has 2 atom stereocenters. The number of nitrogens with one attached hydrogen (secondary N) is 2. The number of nitrogens with zero attached hydrogens (tertiary/aromatic N) is 1. The Labute approximate surface area is 167 Å². The molecule has 0 radical (unpaired) electrons. The predicted molar refractivity (Wildman–Crippen MR) is 108 cm³/mol. The average molecular weight is 386 g/mol. The first kappa shape index (κ1) is 20.5. The van der Waals surface area contributed by atoms with Gasteiger partial charge in [-0.3, -0.25) is 14.4 Å². The highest BCUT2D eigenvalue weighted by Gasteiger charge is 2.26. The lowest BCUT2D eigenvalue weighted by molar-refractivity contribution is -0.132. The molecule has 0 saturated carbocycles. The molecule has 0 aromatic heterocycles.